The predicted octanol–water partition coefficient (Wildman–Crippen LogP) is 2.08. The molecule has 2 atom stereocenters. The number of nitrogens with one attached hydrogen (secondary N) is 1. The van der Waals surface area contributed by atoms with Crippen LogP contribution in [-0.4, -0.2) is 34.4 Å². The van der Waals surface area contributed by atoms with Crippen LogP contribution in [0.1, 0.15) is 30.5 Å². The van der Waals surface area contributed by atoms with E-state index in [9.17, 15) is 10.2 Å². The molecule has 0 amide bonds. The van der Waals surface area contributed by atoms with E-state index in [4.69, 9.17) is 0 Å². The molecule has 0 fully saturated rings. The van der Waals surface area contributed by atoms with Crippen LogP contribution in [0.2, 0.25) is 0 Å². The van der Waals surface area contributed by atoms with Gasteiger partial charge in [0.2, 0.25) is 0 Å². The lowest BCUT2D eigenvalue weighted by molar-refractivity contribution is 0.0814. The molecule has 0 saturated heterocycles. The first-order valence-electron chi connectivity index (χ1n) is 6.29. The van der Waals surface area contributed by atoms with E-state index in [1.165, 1.54) is 5.56 Å². The summed E-state index contributed by atoms with van der Waals surface area (Å²) in [6.45, 7) is 2.43. The first kappa shape index (κ1) is 13.7. The van der Waals surface area contributed by atoms with Crippen molar-refractivity contribution >= 4 is 11.8 Å². The van der Waals surface area contributed by atoms with E-state index in [1.807, 2.05) is 19.2 Å². The van der Waals surface area contributed by atoms with Gasteiger partial charge >= 0.3 is 0 Å². The summed E-state index contributed by atoms with van der Waals surface area (Å²) < 4.78 is 0. The first-order valence-corrected chi connectivity index (χ1v) is 7.68. The predicted molar refractivity (Wildman–Crippen MR) is 76.2 cm³/mol. The van der Waals surface area contributed by atoms with Gasteiger partial charge < -0.3 is 15.5 Å². The van der Waals surface area contributed by atoms with Gasteiger partial charge in [0.25, 0.3) is 0 Å². The molecule has 0 aromatic heterocycles. The maximum atomic E-state index is 10.1. The number of aliphatic hydroxyl groups is 1. The van der Waals surface area contributed by atoms with E-state index in [-0.39, 0.29) is 6.04 Å². The Bertz CT molecular complexity index is 420. The molecule has 0 radical (unpaired) electrons. The second-order valence-electron chi connectivity index (χ2n) is 5.25. The van der Waals surface area contributed by atoms with E-state index >= 15 is 0 Å². The Morgan fingerprint density at radius 2 is 2.28 bits per heavy atom. The maximum Gasteiger partial charge on any atom is 0.119 e. The van der Waals surface area contributed by atoms with Crippen LogP contribution >= 0.6 is 11.8 Å². The fraction of sp³-hybridized carbons (Fsp3) is 0.571. The standard InChI is InChI=1S/C14H21NO2S/c1-14(17,9-18-2)8-15-12-7-6-11-10(12)4-3-5-13(11)16/h3-5,12,15-17H,6-9H2,1-2H3. The Labute approximate surface area is 113 Å². The van der Waals surface area contributed by atoms with E-state index in [0.717, 1.165) is 24.2 Å². The number of phenols is 1. The number of fused-ring (bicyclic) bond motifs is 1. The van der Waals surface area contributed by atoms with Crippen LogP contribution in [-0.2, 0) is 6.42 Å². The summed E-state index contributed by atoms with van der Waals surface area (Å²) in [4.78, 5) is 0. The molecule has 3 nitrogen and oxygen atoms in total. The number of thioether (sulfide) groups is 1. The second kappa shape index (κ2) is 5.51. The van der Waals surface area contributed by atoms with Crippen molar-refractivity contribution in [1.82, 2.24) is 5.32 Å². The highest BCUT2D eigenvalue weighted by atomic mass is 32.2. The van der Waals surface area contributed by atoms with Crippen LogP contribution < -0.4 is 5.32 Å². The molecule has 4 heteroatoms. The van der Waals surface area contributed by atoms with Gasteiger partial charge in [-0.3, -0.25) is 0 Å². The fourth-order valence-electron chi connectivity index (χ4n) is 2.55. The van der Waals surface area contributed by atoms with Gasteiger partial charge in [-0.15, -0.1) is 0 Å². The third kappa shape index (κ3) is 2.99. The third-order valence-corrected chi connectivity index (χ3v) is 4.34. The molecule has 2 unspecified atom stereocenters. The molecule has 0 spiro atoms. The van der Waals surface area contributed by atoms with Crippen LogP contribution in [0.15, 0.2) is 18.2 Å². The van der Waals surface area contributed by atoms with Gasteiger partial charge in [0.15, 0.2) is 0 Å². The van der Waals surface area contributed by atoms with E-state index in [1.54, 1.807) is 17.8 Å². The summed E-state index contributed by atoms with van der Waals surface area (Å²) >= 11 is 1.65. The molecular weight excluding hydrogens is 246 g/mol. The molecule has 3 N–H and O–H groups in total. The van der Waals surface area contributed by atoms with Crippen molar-refractivity contribution in [2.75, 3.05) is 18.6 Å². The number of aromatic hydroxyl groups is 1. The smallest absolute Gasteiger partial charge is 0.119 e. The highest BCUT2D eigenvalue weighted by molar-refractivity contribution is 7.98. The minimum absolute atomic E-state index is 0.250. The number of hydrogen-bond donors (Lipinski definition) is 3. The molecule has 18 heavy (non-hydrogen) atoms. The molecule has 2 rings (SSSR count). The summed E-state index contributed by atoms with van der Waals surface area (Å²) in [6, 6.07) is 5.93. The van der Waals surface area contributed by atoms with Crippen molar-refractivity contribution in [3.05, 3.63) is 29.3 Å². The molecule has 0 saturated carbocycles. The largest absolute Gasteiger partial charge is 0.508 e. The number of benzene rings is 1. The average molecular weight is 267 g/mol. The van der Waals surface area contributed by atoms with Crippen molar-refractivity contribution < 1.29 is 10.2 Å². The van der Waals surface area contributed by atoms with Crippen molar-refractivity contribution in [3.8, 4) is 5.75 Å². The summed E-state index contributed by atoms with van der Waals surface area (Å²) in [6.07, 6.45) is 3.89. The number of hydrogen-bond acceptors (Lipinski definition) is 4. The van der Waals surface area contributed by atoms with Gasteiger partial charge in [-0.25, -0.2) is 0 Å². The normalized spacial score (nSPS) is 21.6. The van der Waals surface area contributed by atoms with Gasteiger partial charge in [0.1, 0.15) is 5.75 Å². The molecule has 1 aromatic rings. The van der Waals surface area contributed by atoms with Crippen LogP contribution in [0.5, 0.6) is 5.75 Å². The second-order valence-corrected chi connectivity index (χ2v) is 6.11. The zero-order valence-electron chi connectivity index (χ0n) is 10.9. The van der Waals surface area contributed by atoms with Gasteiger partial charge in [-0.05, 0) is 43.2 Å². The van der Waals surface area contributed by atoms with Crippen LogP contribution in [0.25, 0.3) is 0 Å². The Morgan fingerprint density at radius 3 is 3.00 bits per heavy atom. The molecular formula is C14H21NO2S. The topological polar surface area (TPSA) is 52.5 Å². The van der Waals surface area contributed by atoms with Crippen LogP contribution in [0.4, 0.5) is 0 Å². The lowest BCUT2D eigenvalue weighted by Gasteiger charge is -2.25. The van der Waals surface area contributed by atoms with Gasteiger partial charge in [-0.1, -0.05) is 12.1 Å². The monoisotopic (exact) mass is 267 g/mol. The Balaban J connectivity index is 2.00. The highest BCUT2D eigenvalue weighted by Gasteiger charge is 2.27. The molecule has 1 aliphatic carbocycles. The molecule has 0 aliphatic heterocycles. The number of phenolic OH excluding ortho intramolecular Hbond substituents is 1. The Kier molecular flexibility index (Phi) is 4.20. The maximum absolute atomic E-state index is 10.1. The Morgan fingerprint density at radius 1 is 1.50 bits per heavy atom. The van der Waals surface area contributed by atoms with Crippen molar-refractivity contribution in [3.63, 3.8) is 0 Å². The zero-order chi connectivity index (χ0) is 13.2. The lowest BCUT2D eigenvalue weighted by atomic mass is 10.1. The molecule has 1 aromatic carbocycles. The minimum atomic E-state index is -0.682. The quantitative estimate of drug-likeness (QED) is 0.764. The van der Waals surface area contributed by atoms with Crippen LogP contribution in [0, 0.1) is 0 Å². The fourth-order valence-corrected chi connectivity index (χ4v) is 3.28. The van der Waals surface area contributed by atoms with Gasteiger partial charge in [0, 0.05) is 18.3 Å². The molecule has 0 heterocycles. The molecule has 100 valence electrons. The summed E-state index contributed by atoms with van der Waals surface area (Å²) in [5.74, 6) is 1.12. The van der Waals surface area contributed by atoms with E-state index in [2.05, 4.69) is 11.4 Å². The average Bonchev–Trinajstić information content (AvgIpc) is 2.71. The van der Waals surface area contributed by atoms with Crippen molar-refractivity contribution in [2.24, 2.45) is 0 Å². The first-order chi connectivity index (χ1) is 8.53. The van der Waals surface area contributed by atoms with Crippen molar-refractivity contribution in [2.45, 2.75) is 31.4 Å². The van der Waals surface area contributed by atoms with Gasteiger partial charge in [-0.2, -0.15) is 11.8 Å². The SMILES string of the molecule is CSCC(C)(O)CNC1CCc2c(O)cccc21. The zero-order valence-corrected chi connectivity index (χ0v) is 11.8. The highest BCUT2D eigenvalue weighted by Crippen LogP contribution is 2.36. The Hall–Kier alpha value is -0.710. The van der Waals surface area contributed by atoms with Gasteiger partial charge in [0.05, 0.1) is 5.60 Å². The molecule has 0 bridgehead atoms. The minimum Gasteiger partial charge on any atom is -0.508 e. The van der Waals surface area contributed by atoms with E-state index < -0.39 is 5.60 Å². The van der Waals surface area contributed by atoms with Crippen LogP contribution in [0.3, 0.4) is 0 Å². The lowest BCUT2D eigenvalue weighted by Crippen LogP contribution is -2.41. The van der Waals surface area contributed by atoms with Crippen molar-refractivity contribution in [1.29, 1.82) is 0 Å². The van der Waals surface area contributed by atoms with E-state index in [0.29, 0.717) is 12.3 Å². The summed E-state index contributed by atoms with van der Waals surface area (Å²) in [5.41, 5.74) is 1.55. The molecule has 1 aliphatic rings. The summed E-state index contributed by atoms with van der Waals surface area (Å²) in [7, 11) is 0. The summed E-state index contributed by atoms with van der Waals surface area (Å²) in [5, 5.41) is 23.3. The third-order valence-electron chi connectivity index (χ3n) is 3.43. The number of rotatable bonds is 5.